The third-order valence-electron chi connectivity index (χ3n) is 3.18. The van der Waals surface area contributed by atoms with Crippen molar-refractivity contribution in [3.8, 4) is 5.75 Å². The Hall–Kier alpha value is -1.82. The molecule has 1 atom stereocenters. The normalized spacial score (nSPS) is 12.6. The predicted octanol–water partition coefficient (Wildman–Crippen LogP) is 1.34. The van der Waals surface area contributed by atoms with Gasteiger partial charge in [0, 0.05) is 26.0 Å². The van der Waals surface area contributed by atoms with Crippen molar-refractivity contribution < 1.29 is 4.74 Å². The minimum absolute atomic E-state index is 0.0380. The summed E-state index contributed by atoms with van der Waals surface area (Å²) in [5.41, 5.74) is 1.01. The lowest BCUT2D eigenvalue weighted by Crippen LogP contribution is -2.25. The molecule has 0 aliphatic heterocycles. The number of hydrogen-bond donors (Lipinski definition) is 1. The standard InChI is InChI=1S/C13H21N5O/c1-5-7-18-12(10(19-4)9-16-18)11(14-2)13-15-6-8-17(13)3/h6,8-9,11,14H,5,7H2,1-4H3. The lowest BCUT2D eigenvalue weighted by Gasteiger charge is -2.19. The topological polar surface area (TPSA) is 56.9 Å². The summed E-state index contributed by atoms with van der Waals surface area (Å²) in [6.45, 7) is 2.99. The molecule has 2 aromatic heterocycles. The maximum atomic E-state index is 5.43. The Morgan fingerprint density at radius 3 is 2.79 bits per heavy atom. The van der Waals surface area contributed by atoms with Crippen LogP contribution in [0, 0.1) is 0 Å². The van der Waals surface area contributed by atoms with Crippen molar-refractivity contribution in [2.45, 2.75) is 25.9 Å². The van der Waals surface area contributed by atoms with Crippen LogP contribution in [0.25, 0.3) is 0 Å². The molecule has 6 heteroatoms. The number of ether oxygens (including phenoxy) is 1. The van der Waals surface area contributed by atoms with Crippen molar-refractivity contribution in [2.75, 3.05) is 14.2 Å². The van der Waals surface area contributed by atoms with Crippen molar-refractivity contribution in [3.05, 3.63) is 30.1 Å². The summed E-state index contributed by atoms with van der Waals surface area (Å²) in [5, 5.41) is 7.70. The average Bonchev–Trinajstić information content (AvgIpc) is 3.00. The molecule has 1 unspecified atom stereocenters. The number of imidazole rings is 1. The van der Waals surface area contributed by atoms with Gasteiger partial charge in [0.25, 0.3) is 0 Å². The third-order valence-corrected chi connectivity index (χ3v) is 3.18. The molecule has 104 valence electrons. The SMILES string of the molecule is CCCn1ncc(OC)c1C(NC)c1nccn1C. The number of methoxy groups -OCH3 is 1. The fourth-order valence-corrected chi connectivity index (χ4v) is 2.26. The zero-order chi connectivity index (χ0) is 13.8. The van der Waals surface area contributed by atoms with Gasteiger partial charge in [-0.05, 0) is 13.5 Å². The van der Waals surface area contributed by atoms with Crippen LogP contribution >= 0.6 is 0 Å². The fourth-order valence-electron chi connectivity index (χ4n) is 2.26. The molecule has 0 saturated carbocycles. The Morgan fingerprint density at radius 2 is 2.26 bits per heavy atom. The molecule has 0 radical (unpaired) electrons. The van der Waals surface area contributed by atoms with Gasteiger partial charge in [0.15, 0.2) is 5.75 Å². The van der Waals surface area contributed by atoms with E-state index in [1.807, 2.05) is 29.5 Å². The molecule has 0 aliphatic rings. The maximum absolute atomic E-state index is 5.43. The first-order valence-electron chi connectivity index (χ1n) is 6.47. The maximum Gasteiger partial charge on any atom is 0.162 e. The molecule has 0 fully saturated rings. The molecule has 0 aromatic carbocycles. The first-order chi connectivity index (χ1) is 9.22. The molecule has 0 amide bonds. The largest absolute Gasteiger partial charge is 0.493 e. The van der Waals surface area contributed by atoms with Crippen LogP contribution in [0.5, 0.6) is 5.75 Å². The highest BCUT2D eigenvalue weighted by Crippen LogP contribution is 2.28. The van der Waals surface area contributed by atoms with Crippen molar-refractivity contribution in [2.24, 2.45) is 7.05 Å². The van der Waals surface area contributed by atoms with E-state index in [0.717, 1.165) is 30.2 Å². The zero-order valence-electron chi connectivity index (χ0n) is 11.9. The molecule has 0 saturated heterocycles. The monoisotopic (exact) mass is 263 g/mol. The van der Waals surface area contributed by atoms with E-state index in [1.54, 1.807) is 19.5 Å². The van der Waals surface area contributed by atoms with Crippen LogP contribution in [0.3, 0.4) is 0 Å². The number of rotatable bonds is 6. The smallest absolute Gasteiger partial charge is 0.162 e. The van der Waals surface area contributed by atoms with Crippen LogP contribution in [0.4, 0.5) is 0 Å². The van der Waals surface area contributed by atoms with Crippen LogP contribution in [0.1, 0.15) is 30.9 Å². The second-order valence-electron chi connectivity index (χ2n) is 4.44. The minimum Gasteiger partial charge on any atom is -0.493 e. The highest BCUT2D eigenvalue weighted by Gasteiger charge is 2.24. The lowest BCUT2D eigenvalue weighted by atomic mass is 10.1. The van der Waals surface area contributed by atoms with E-state index in [-0.39, 0.29) is 6.04 Å². The Labute approximate surface area is 113 Å². The fraction of sp³-hybridized carbons (Fsp3) is 0.538. The molecule has 0 spiro atoms. The van der Waals surface area contributed by atoms with Crippen molar-refractivity contribution >= 4 is 0 Å². The Balaban J connectivity index is 2.48. The van der Waals surface area contributed by atoms with Crippen LogP contribution in [-0.4, -0.2) is 33.5 Å². The van der Waals surface area contributed by atoms with Gasteiger partial charge in [-0.1, -0.05) is 6.92 Å². The summed E-state index contributed by atoms with van der Waals surface area (Å²) in [5.74, 6) is 1.73. The van der Waals surface area contributed by atoms with Gasteiger partial charge < -0.3 is 14.6 Å². The van der Waals surface area contributed by atoms with Gasteiger partial charge in [0.1, 0.15) is 17.6 Å². The Kier molecular flexibility index (Phi) is 4.21. The van der Waals surface area contributed by atoms with E-state index < -0.39 is 0 Å². The van der Waals surface area contributed by atoms with Gasteiger partial charge in [-0.25, -0.2) is 4.98 Å². The van der Waals surface area contributed by atoms with E-state index in [0.29, 0.717) is 0 Å². The van der Waals surface area contributed by atoms with Crippen molar-refractivity contribution in [1.29, 1.82) is 0 Å². The number of hydrogen-bond acceptors (Lipinski definition) is 4. The average molecular weight is 263 g/mol. The molecular formula is C13H21N5O. The summed E-state index contributed by atoms with van der Waals surface area (Å²) >= 11 is 0. The third kappa shape index (κ3) is 2.49. The molecule has 19 heavy (non-hydrogen) atoms. The van der Waals surface area contributed by atoms with Crippen LogP contribution < -0.4 is 10.1 Å². The lowest BCUT2D eigenvalue weighted by molar-refractivity contribution is 0.397. The predicted molar refractivity (Wildman–Crippen MR) is 73.2 cm³/mol. The molecule has 6 nitrogen and oxygen atoms in total. The Morgan fingerprint density at radius 1 is 1.47 bits per heavy atom. The van der Waals surface area contributed by atoms with E-state index in [2.05, 4.69) is 22.3 Å². The van der Waals surface area contributed by atoms with Crippen LogP contribution in [-0.2, 0) is 13.6 Å². The van der Waals surface area contributed by atoms with Crippen LogP contribution in [0.15, 0.2) is 18.6 Å². The highest BCUT2D eigenvalue weighted by molar-refractivity contribution is 5.32. The van der Waals surface area contributed by atoms with E-state index in [9.17, 15) is 0 Å². The van der Waals surface area contributed by atoms with Crippen molar-refractivity contribution in [3.63, 3.8) is 0 Å². The van der Waals surface area contributed by atoms with E-state index in [1.165, 1.54) is 0 Å². The summed E-state index contributed by atoms with van der Waals surface area (Å²) in [6, 6.07) is -0.0380. The Bertz CT molecular complexity index is 531. The summed E-state index contributed by atoms with van der Waals surface area (Å²) in [6.07, 6.45) is 6.52. The number of aromatic nitrogens is 4. The molecule has 2 heterocycles. The van der Waals surface area contributed by atoms with Gasteiger partial charge in [0.05, 0.1) is 13.3 Å². The second-order valence-corrected chi connectivity index (χ2v) is 4.44. The molecule has 0 bridgehead atoms. The first kappa shape index (κ1) is 13.6. The van der Waals surface area contributed by atoms with Crippen LogP contribution in [0.2, 0.25) is 0 Å². The van der Waals surface area contributed by atoms with Crippen molar-refractivity contribution in [1.82, 2.24) is 24.6 Å². The number of aryl methyl sites for hydroxylation is 2. The quantitative estimate of drug-likeness (QED) is 0.854. The van der Waals surface area contributed by atoms with Gasteiger partial charge in [-0.15, -0.1) is 0 Å². The zero-order valence-corrected chi connectivity index (χ0v) is 11.9. The van der Waals surface area contributed by atoms with Gasteiger partial charge >= 0.3 is 0 Å². The number of nitrogens with one attached hydrogen (secondary N) is 1. The summed E-state index contributed by atoms with van der Waals surface area (Å²) in [7, 11) is 5.57. The van der Waals surface area contributed by atoms with E-state index in [4.69, 9.17) is 4.74 Å². The first-order valence-corrected chi connectivity index (χ1v) is 6.47. The molecule has 1 N–H and O–H groups in total. The second kappa shape index (κ2) is 5.88. The summed E-state index contributed by atoms with van der Waals surface area (Å²) < 4.78 is 9.42. The van der Waals surface area contributed by atoms with Gasteiger partial charge in [-0.3, -0.25) is 4.68 Å². The molecule has 2 aromatic rings. The van der Waals surface area contributed by atoms with Gasteiger partial charge in [-0.2, -0.15) is 5.10 Å². The summed E-state index contributed by atoms with van der Waals surface area (Å²) in [4.78, 5) is 4.42. The minimum atomic E-state index is -0.0380. The number of nitrogens with zero attached hydrogens (tertiary/aromatic N) is 4. The molecule has 2 rings (SSSR count). The van der Waals surface area contributed by atoms with E-state index >= 15 is 0 Å². The highest BCUT2D eigenvalue weighted by atomic mass is 16.5. The molecular weight excluding hydrogens is 242 g/mol. The molecule has 0 aliphatic carbocycles. The van der Waals surface area contributed by atoms with Gasteiger partial charge in [0.2, 0.25) is 0 Å².